The summed E-state index contributed by atoms with van der Waals surface area (Å²) >= 11 is 0. The predicted molar refractivity (Wildman–Crippen MR) is 102 cm³/mol. The summed E-state index contributed by atoms with van der Waals surface area (Å²) in [5, 5.41) is 3.03. The van der Waals surface area contributed by atoms with E-state index in [0.29, 0.717) is 0 Å². The third-order valence-electron chi connectivity index (χ3n) is 5.32. The normalized spacial score (nSPS) is 21.3. The van der Waals surface area contributed by atoms with Gasteiger partial charge < -0.3 is 24.6 Å². The number of aryl methyl sites for hydroxylation is 1. The molecule has 0 aliphatic carbocycles. The molecular weight excluding hydrogens is 330 g/mol. The number of rotatable bonds is 7. The Morgan fingerprint density at radius 3 is 2.19 bits per heavy atom. The lowest BCUT2D eigenvalue weighted by atomic mass is 10.1. The van der Waals surface area contributed by atoms with Gasteiger partial charge in [-0.3, -0.25) is 4.79 Å². The highest BCUT2D eigenvalue weighted by atomic mass is 16.5. The van der Waals surface area contributed by atoms with Crippen LogP contribution in [0.25, 0.3) is 0 Å². The molecular formula is C20H35N3O3+2. The van der Waals surface area contributed by atoms with Gasteiger partial charge in [0.15, 0.2) is 17.5 Å². The number of carbonyl (C=O) groups excluding carboxylic acids is 1. The number of nitrogens with one attached hydrogen (secondary N) is 3. The monoisotopic (exact) mass is 365 g/mol. The molecule has 3 N–H and O–H groups in total. The van der Waals surface area contributed by atoms with Gasteiger partial charge in [0.05, 0.1) is 14.2 Å². The standard InChI is InChI=1S/C20H33N3O3/c1-14(2)21-20(24)16(4)23-9-7-22(8-10-23)13-17-12-19(26-6)18(25-5)11-15(17)3/h11-12,14,16H,7-10,13H2,1-6H3,(H,21,24)/p+2/t16-/m0/s1. The van der Waals surface area contributed by atoms with Gasteiger partial charge in [0.1, 0.15) is 32.7 Å². The predicted octanol–water partition coefficient (Wildman–Crippen LogP) is -0.791. The minimum Gasteiger partial charge on any atom is -0.493 e. The van der Waals surface area contributed by atoms with Crippen LogP contribution in [-0.2, 0) is 11.3 Å². The fraction of sp³-hybridized carbons (Fsp3) is 0.650. The first-order valence-corrected chi connectivity index (χ1v) is 9.55. The van der Waals surface area contributed by atoms with Crippen LogP contribution >= 0.6 is 0 Å². The molecule has 1 aliphatic rings. The number of quaternary nitrogens is 2. The molecule has 1 aromatic carbocycles. The number of hydrogen-bond donors (Lipinski definition) is 3. The van der Waals surface area contributed by atoms with Crippen molar-refractivity contribution in [2.24, 2.45) is 0 Å². The third-order valence-corrected chi connectivity index (χ3v) is 5.32. The van der Waals surface area contributed by atoms with Crippen molar-refractivity contribution < 1.29 is 24.1 Å². The zero-order chi connectivity index (χ0) is 19.3. The lowest BCUT2D eigenvalue weighted by molar-refractivity contribution is -1.02. The number of ether oxygens (including phenoxy) is 2. The van der Waals surface area contributed by atoms with E-state index in [0.717, 1.165) is 44.2 Å². The van der Waals surface area contributed by atoms with E-state index in [2.05, 4.69) is 18.3 Å². The Bertz CT molecular complexity index is 611. The average molecular weight is 366 g/mol. The first-order valence-electron chi connectivity index (χ1n) is 9.55. The van der Waals surface area contributed by atoms with Crippen LogP contribution in [0.3, 0.4) is 0 Å². The Labute approximate surface area is 157 Å². The van der Waals surface area contributed by atoms with Gasteiger partial charge in [0.25, 0.3) is 5.91 Å². The lowest BCUT2D eigenvalue weighted by Crippen LogP contribution is -3.29. The van der Waals surface area contributed by atoms with E-state index < -0.39 is 0 Å². The number of hydrogen-bond acceptors (Lipinski definition) is 3. The Morgan fingerprint density at radius 2 is 1.65 bits per heavy atom. The quantitative estimate of drug-likeness (QED) is 0.594. The van der Waals surface area contributed by atoms with Crippen LogP contribution in [0, 0.1) is 6.92 Å². The fourth-order valence-corrected chi connectivity index (χ4v) is 3.61. The molecule has 1 heterocycles. The van der Waals surface area contributed by atoms with E-state index in [1.165, 1.54) is 16.0 Å². The molecule has 0 bridgehead atoms. The summed E-state index contributed by atoms with van der Waals surface area (Å²) in [4.78, 5) is 15.2. The highest BCUT2D eigenvalue weighted by Gasteiger charge is 2.31. The van der Waals surface area contributed by atoms with Crippen LogP contribution in [0.5, 0.6) is 11.5 Å². The zero-order valence-electron chi connectivity index (χ0n) is 17.1. The second-order valence-corrected chi connectivity index (χ2v) is 7.60. The van der Waals surface area contributed by atoms with Crippen molar-refractivity contribution >= 4 is 5.91 Å². The number of methoxy groups -OCH3 is 2. The van der Waals surface area contributed by atoms with Crippen molar-refractivity contribution in [3.8, 4) is 11.5 Å². The van der Waals surface area contributed by atoms with E-state index in [1.54, 1.807) is 19.1 Å². The maximum atomic E-state index is 12.2. The highest BCUT2D eigenvalue weighted by molar-refractivity contribution is 5.80. The second-order valence-electron chi connectivity index (χ2n) is 7.60. The molecule has 146 valence electrons. The minimum atomic E-state index is 0.0155. The number of piperazine rings is 1. The van der Waals surface area contributed by atoms with Gasteiger partial charge in [-0.05, 0) is 45.4 Å². The molecule has 0 saturated carbocycles. The maximum absolute atomic E-state index is 12.2. The Balaban J connectivity index is 1.94. The Morgan fingerprint density at radius 1 is 1.08 bits per heavy atom. The van der Waals surface area contributed by atoms with E-state index in [4.69, 9.17) is 9.47 Å². The molecule has 0 spiro atoms. The van der Waals surface area contributed by atoms with Crippen molar-refractivity contribution in [1.82, 2.24) is 5.32 Å². The Hall–Kier alpha value is -1.79. The van der Waals surface area contributed by atoms with Crippen molar-refractivity contribution in [2.75, 3.05) is 40.4 Å². The van der Waals surface area contributed by atoms with Gasteiger partial charge >= 0.3 is 0 Å². The average Bonchev–Trinajstić information content (AvgIpc) is 2.62. The van der Waals surface area contributed by atoms with Gasteiger partial charge in [-0.1, -0.05) is 0 Å². The molecule has 2 rings (SSSR count). The van der Waals surface area contributed by atoms with Crippen LogP contribution in [0.1, 0.15) is 31.9 Å². The number of amides is 1. The number of carbonyl (C=O) groups is 1. The van der Waals surface area contributed by atoms with E-state index in [-0.39, 0.29) is 18.0 Å². The molecule has 1 amide bonds. The van der Waals surface area contributed by atoms with Gasteiger partial charge in [-0.25, -0.2) is 0 Å². The molecule has 6 nitrogen and oxygen atoms in total. The van der Waals surface area contributed by atoms with Crippen LogP contribution in [0.15, 0.2) is 12.1 Å². The Kier molecular flexibility index (Phi) is 7.29. The molecule has 0 radical (unpaired) electrons. The van der Waals surface area contributed by atoms with Crippen molar-refractivity contribution in [3.63, 3.8) is 0 Å². The molecule has 1 atom stereocenters. The summed E-state index contributed by atoms with van der Waals surface area (Å²) in [6.07, 6.45) is 0. The van der Waals surface area contributed by atoms with E-state index in [9.17, 15) is 4.79 Å². The third kappa shape index (κ3) is 5.11. The van der Waals surface area contributed by atoms with E-state index >= 15 is 0 Å². The first-order chi connectivity index (χ1) is 12.3. The summed E-state index contributed by atoms with van der Waals surface area (Å²) in [5.41, 5.74) is 2.53. The van der Waals surface area contributed by atoms with Crippen LogP contribution < -0.4 is 24.6 Å². The second kappa shape index (κ2) is 9.24. The summed E-state index contributed by atoms with van der Waals surface area (Å²) in [5.74, 6) is 1.73. The topological polar surface area (TPSA) is 56.4 Å². The van der Waals surface area contributed by atoms with E-state index in [1.807, 2.05) is 26.8 Å². The summed E-state index contributed by atoms with van der Waals surface area (Å²) in [7, 11) is 3.34. The molecule has 0 unspecified atom stereocenters. The van der Waals surface area contributed by atoms with Crippen molar-refractivity contribution in [3.05, 3.63) is 23.3 Å². The number of benzene rings is 1. The van der Waals surface area contributed by atoms with Crippen LogP contribution in [-0.4, -0.2) is 58.4 Å². The highest BCUT2D eigenvalue weighted by Crippen LogP contribution is 2.29. The summed E-state index contributed by atoms with van der Waals surface area (Å²) in [6.45, 7) is 13.3. The molecule has 1 saturated heterocycles. The molecule has 6 heteroatoms. The smallest absolute Gasteiger partial charge is 0.278 e. The largest absolute Gasteiger partial charge is 0.493 e. The summed E-state index contributed by atoms with van der Waals surface area (Å²) in [6, 6.07) is 4.36. The lowest BCUT2D eigenvalue weighted by Gasteiger charge is -2.33. The van der Waals surface area contributed by atoms with Crippen molar-refractivity contribution in [2.45, 2.75) is 46.3 Å². The first kappa shape index (κ1) is 20.5. The molecule has 1 aromatic rings. The summed E-state index contributed by atoms with van der Waals surface area (Å²) < 4.78 is 10.8. The van der Waals surface area contributed by atoms with Gasteiger partial charge in [-0.2, -0.15) is 0 Å². The molecule has 26 heavy (non-hydrogen) atoms. The molecule has 0 aromatic heterocycles. The van der Waals surface area contributed by atoms with Crippen molar-refractivity contribution in [1.29, 1.82) is 0 Å². The minimum absolute atomic E-state index is 0.0155. The molecule has 1 fully saturated rings. The van der Waals surface area contributed by atoms with Crippen LogP contribution in [0.2, 0.25) is 0 Å². The fourth-order valence-electron chi connectivity index (χ4n) is 3.61. The SMILES string of the molecule is COc1cc(C)c(C[NH+]2CC[NH+]([C@@H](C)C(=O)NC(C)C)CC2)cc1OC. The maximum Gasteiger partial charge on any atom is 0.278 e. The van der Waals surface area contributed by atoms with Gasteiger partial charge in [-0.15, -0.1) is 0 Å². The zero-order valence-corrected chi connectivity index (χ0v) is 17.1. The van der Waals surface area contributed by atoms with Gasteiger partial charge in [0.2, 0.25) is 0 Å². The molecule has 1 aliphatic heterocycles. The van der Waals surface area contributed by atoms with Crippen LogP contribution in [0.4, 0.5) is 0 Å². The van der Waals surface area contributed by atoms with Gasteiger partial charge in [0, 0.05) is 11.6 Å².